The molecule has 6 heteroatoms. The average Bonchev–Trinajstić information content (AvgIpc) is 2.92. The summed E-state index contributed by atoms with van der Waals surface area (Å²) < 4.78 is 1.58. The van der Waals surface area contributed by atoms with Crippen LogP contribution < -0.4 is 0 Å². The summed E-state index contributed by atoms with van der Waals surface area (Å²) in [4.78, 5) is 12.9. The van der Waals surface area contributed by atoms with E-state index in [0.29, 0.717) is 5.56 Å². The standard InChI is InChI=1S/C16H21N3O3/c1-12(13-7-5-4-6-8-13)19(15(20)21)11-16(2,22)14-9-17-18(3)10-14/h4-10,12,22H,11H2,1-3H3,(H,20,21). The molecular formula is C16H21N3O3. The molecule has 1 aromatic heterocycles. The second-order valence-electron chi connectivity index (χ2n) is 5.67. The van der Waals surface area contributed by atoms with E-state index < -0.39 is 11.7 Å². The first kappa shape index (κ1) is 16.0. The molecule has 0 aliphatic carbocycles. The smallest absolute Gasteiger partial charge is 0.407 e. The van der Waals surface area contributed by atoms with Gasteiger partial charge in [0.1, 0.15) is 5.60 Å². The molecule has 0 radical (unpaired) electrons. The highest BCUT2D eigenvalue weighted by Crippen LogP contribution is 2.27. The molecule has 6 nitrogen and oxygen atoms in total. The van der Waals surface area contributed by atoms with Gasteiger partial charge in [-0.3, -0.25) is 9.58 Å². The summed E-state index contributed by atoms with van der Waals surface area (Å²) in [6.07, 6.45) is 2.17. The Hall–Kier alpha value is -2.34. The molecule has 1 amide bonds. The van der Waals surface area contributed by atoms with E-state index in [1.807, 2.05) is 37.3 Å². The van der Waals surface area contributed by atoms with E-state index in [-0.39, 0.29) is 12.6 Å². The molecule has 2 N–H and O–H groups in total. The minimum Gasteiger partial charge on any atom is -0.465 e. The number of aliphatic hydroxyl groups is 1. The summed E-state index contributed by atoms with van der Waals surface area (Å²) >= 11 is 0. The second-order valence-corrected chi connectivity index (χ2v) is 5.67. The van der Waals surface area contributed by atoms with Crippen LogP contribution in [0.2, 0.25) is 0 Å². The molecule has 118 valence electrons. The highest BCUT2D eigenvalue weighted by Gasteiger charge is 2.32. The van der Waals surface area contributed by atoms with Crippen molar-refractivity contribution in [2.45, 2.75) is 25.5 Å². The highest BCUT2D eigenvalue weighted by molar-refractivity contribution is 5.66. The Morgan fingerprint density at radius 1 is 1.41 bits per heavy atom. The molecule has 0 fully saturated rings. The largest absolute Gasteiger partial charge is 0.465 e. The van der Waals surface area contributed by atoms with E-state index >= 15 is 0 Å². The van der Waals surface area contributed by atoms with Crippen LogP contribution in [0.15, 0.2) is 42.7 Å². The Bertz CT molecular complexity index is 637. The number of aromatic nitrogens is 2. The number of carboxylic acid groups (broad SMARTS) is 1. The third kappa shape index (κ3) is 3.46. The first-order valence-electron chi connectivity index (χ1n) is 7.07. The molecule has 1 heterocycles. The van der Waals surface area contributed by atoms with Gasteiger partial charge in [-0.05, 0) is 19.4 Å². The van der Waals surface area contributed by atoms with Gasteiger partial charge in [-0.25, -0.2) is 4.79 Å². The molecule has 2 atom stereocenters. The first-order valence-corrected chi connectivity index (χ1v) is 7.07. The van der Waals surface area contributed by atoms with E-state index in [2.05, 4.69) is 5.10 Å². The zero-order chi connectivity index (χ0) is 16.3. The minimum atomic E-state index is -1.31. The fraction of sp³-hybridized carbons (Fsp3) is 0.375. The maximum atomic E-state index is 11.6. The number of aryl methyl sites for hydroxylation is 1. The third-order valence-corrected chi connectivity index (χ3v) is 3.80. The fourth-order valence-corrected chi connectivity index (χ4v) is 2.40. The van der Waals surface area contributed by atoms with Crippen LogP contribution in [0.1, 0.15) is 31.0 Å². The Morgan fingerprint density at radius 2 is 2.05 bits per heavy atom. The van der Waals surface area contributed by atoms with Gasteiger partial charge in [-0.15, -0.1) is 0 Å². The van der Waals surface area contributed by atoms with Gasteiger partial charge in [0, 0.05) is 18.8 Å². The Morgan fingerprint density at radius 3 is 2.55 bits per heavy atom. The van der Waals surface area contributed by atoms with Gasteiger partial charge < -0.3 is 10.2 Å². The van der Waals surface area contributed by atoms with Crippen molar-refractivity contribution in [3.8, 4) is 0 Å². The number of carbonyl (C=O) groups is 1. The molecule has 0 aliphatic heterocycles. The van der Waals surface area contributed by atoms with Crippen molar-refractivity contribution in [3.63, 3.8) is 0 Å². The lowest BCUT2D eigenvalue weighted by Crippen LogP contribution is -2.43. The van der Waals surface area contributed by atoms with Crippen LogP contribution in [-0.4, -0.2) is 37.5 Å². The summed E-state index contributed by atoms with van der Waals surface area (Å²) in [5, 5.41) is 24.2. The topological polar surface area (TPSA) is 78.6 Å². The van der Waals surface area contributed by atoms with Gasteiger partial charge in [0.15, 0.2) is 0 Å². The van der Waals surface area contributed by atoms with E-state index in [1.165, 1.54) is 4.90 Å². The number of amides is 1. The van der Waals surface area contributed by atoms with Crippen LogP contribution in [0.25, 0.3) is 0 Å². The summed E-state index contributed by atoms with van der Waals surface area (Å²) in [6, 6.07) is 9.00. The van der Waals surface area contributed by atoms with Gasteiger partial charge in [-0.1, -0.05) is 30.3 Å². The van der Waals surface area contributed by atoms with Crippen molar-refractivity contribution in [2.24, 2.45) is 7.05 Å². The lowest BCUT2D eigenvalue weighted by Gasteiger charge is -2.33. The van der Waals surface area contributed by atoms with Gasteiger partial charge >= 0.3 is 6.09 Å². The van der Waals surface area contributed by atoms with Gasteiger partial charge in [0.2, 0.25) is 0 Å². The van der Waals surface area contributed by atoms with E-state index in [1.54, 1.807) is 31.0 Å². The number of benzene rings is 1. The van der Waals surface area contributed by atoms with E-state index in [0.717, 1.165) is 5.56 Å². The molecule has 0 bridgehead atoms. The molecule has 0 saturated carbocycles. The molecular weight excluding hydrogens is 282 g/mol. The molecule has 22 heavy (non-hydrogen) atoms. The lowest BCUT2D eigenvalue weighted by atomic mass is 9.97. The number of hydrogen-bond donors (Lipinski definition) is 2. The molecule has 1 aromatic carbocycles. The van der Waals surface area contributed by atoms with Crippen LogP contribution in [0.4, 0.5) is 4.79 Å². The maximum Gasteiger partial charge on any atom is 0.407 e. The quantitative estimate of drug-likeness (QED) is 0.889. The predicted octanol–water partition coefficient (Wildman–Crippen LogP) is 2.37. The normalized spacial score (nSPS) is 15.1. The van der Waals surface area contributed by atoms with Crippen molar-refractivity contribution in [1.82, 2.24) is 14.7 Å². The van der Waals surface area contributed by atoms with Crippen LogP contribution in [0.3, 0.4) is 0 Å². The minimum absolute atomic E-state index is 0.0376. The Balaban J connectivity index is 2.24. The van der Waals surface area contributed by atoms with Crippen LogP contribution in [0.5, 0.6) is 0 Å². The van der Waals surface area contributed by atoms with E-state index in [9.17, 15) is 15.0 Å². The SMILES string of the molecule is CC(c1ccccc1)N(CC(C)(O)c1cnn(C)c1)C(=O)O. The van der Waals surface area contributed by atoms with Crippen LogP contribution in [-0.2, 0) is 12.6 Å². The summed E-state index contributed by atoms with van der Waals surface area (Å²) in [7, 11) is 1.75. The lowest BCUT2D eigenvalue weighted by molar-refractivity contribution is 0.00786. The third-order valence-electron chi connectivity index (χ3n) is 3.80. The zero-order valence-corrected chi connectivity index (χ0v) is 13.0. The first-order chi connectivity index (χ1) is 10.3. The number of rotatable bonds is 5. The van der Waals surface area contributed by atoms with Crippen molar-refractivity contribution in [2.75, 3.05) is 6.54 Å². The maximum absolute atomic E-state index is 11.6. The molecule has 0 spiro atoms. The van der Waals surface area contributed by atoms with Crippen molar-refractivity contribution in [1.29, 1.82) is 0 Å². The van der Waals surface area contributed by atoms with Crippen LogP contribution >= 0.6 is 0 Å². The summed E-state index contributed by atoms with van der Waals surface area (Å²) in [5.74, 6) is 0. The van der Waals surface area contributed by atoms with Crippen LogP contribution in [0, 0.1) is 0 Å². The average molecular weight is 303 g/mol. The molecule has 0 saturated heterocycles. The van der Waals surface area contributed by atoms with Crippen molar-refractivity contribution >= 4 is 6.09 Å². The Labute approximate surface area is 129 Å². The fourth-order valence-electron chi connectivity index (χ4n) is 2.40. The van der Waals surface area contributed by atoms with Crippen molar-refractivity contribution < 1.29 is 15.0 Å². The molecule has 2 aromatic rings. The van der Waals surface area contributed by atoms with Gasteiger partial charge in [0.25, 0.3) is 0 Å². The van der Waals surface area contributed by atoms with E-state index in [4.69, 9.17) is 0 Å². The zero-order valence-electron chi connectivity index (χ0n) is 13.0. The monoisotopic (exact) mass is 303 g/mol. The molecule has 0 aliphatic rings. The number of nitrogens with zero attached hydrogens (tertiary/aromatic N) is 3. The second kappa shape index (κ2) is 6.19. The molecule has 2 rings (SSSR count). The summed E-state index contributed by atoms with van der Waals surface area (Å²) in [5.41, 5.74) is 0.156. The van der Waals surface area contributed by atoms with Gasteiger partial charge in [-0.2, -0.15) is 5.10 Å². The highest BCUT2D eigenvalue weighted by atomic mass is 16.4. The summed E-state index contributed by atoms with van der Waals surface area (Å²) in [6.45, 7) is 3.37. The molecule has 2 unspecified atom stereocenters. The van der Waals surface area contributed by atoms with Crippen molar-refractivity contribution in [3.05, 3.63) is 53.9 Å². The van der Waals surface area contributed by atoms with Gasteiger partial charge in [0.05, 0.1) is 18.8 Å². The Kier molecular flexibility index (Phi) is 4.51. The predicted molar refractivity (Wildman–Crippen MR) is 82.4 cm³/mol. The number of hydrogen-bond acceptors (Lipinski definition) is 3.